The van der Waals surface area contributed by atoms with Crippen LogP contribution in [-0.4, -0.2) is 40.7 Å². The van der Waals surface area contributed by atoms with Crippen molar-refractivity contribution in [1.29, 1.82) is 0 Å². The first-order chi connectivity index (χ1) is 14.3. The van der Waals surface area contributed by atoms with Crippen LogP contribution in [0.25, 0.3) is 0 Å². The number of thiophene rings is 1. The van der Waals surface area contributed by atoms with Crippen molar-refractivity contribution in [2.24, 2.45) is 5.92 Å². The van der Waals surface area contributed by atoms with Crippen LogP contribution in [0, 0.1) is 5.92 Å². The van der Waals surface area contributed by atoms with Gasteiger partial charge in [0.15, 0.2) is 0 Å². The average molecular weight is 436 g/mol. The van der Waals surface area contributed by atoms with Crippen LogP contribution in [-0.2, 0) is 17.5 Å². The van der Waals surface area contributed by atoms with Gasteiger partial charge in [-0.3, -0.25) is 9.59 Å². The van der Waals surface area contributed by atoms with E-state index in [1.165, 1.54) is 23.5 Å². The zero-order chi connectivity index (χ0) is 21.3. The molecule has 2 amide bonds. The lowest BCUT2D eigenvalue weighted by Gasteiger charge is -2.34. The Labute approximate surface area is 177 Å². The number of hydrogen-bond acceptors (Lipinski definition) is 3. The summed E-state index contributed by atoms with van der Waals surface area (Å²) in [7, 11) is 0. The molecule has 1 saturated heterocycles. The van der Waals surface area contributed by atoms with Gasteiger partial charge in [-0.2, -0.15) is 13.2 Å². The van der Waals surface area contributed by atoms with Gasteiger partial charge in [0, 0.05) is 31.6 Å². The fourth-order valence-electron chi connectivity index (χ4n) is 3.89. The minimum absolute atomic E-state index is 0.0136. The molecule has 0 unspecified atom stereocenters. The highest BCUT2D eigenvalue weighted by atomic mass is 32.1. The van der Waals surface area contributed by atoms with E-state index >= 15 is 0 Å². The highest BCUT2D eigenvalue weighted by Gasteiger charge is 2.38. The number of benzene rings is 1. The number of likely N-dealkylation sites (tertiary alicyclic amines) is 1. The van der Waals surface area contributed by atoms with E-state index < -0.39 is 11.7 Å². The van der Waals surface area contributed by atoms with Crippen molar-refractivity contribution in [3.8, 4) is 0 Å². The van der Waals surface area contributed by atoms with Gasteiger partial charge in [0.05, 0.1) is 10.4 Å². The van der Waals surface area contributed by atoms with Gasteiger partial charge < -0.3 is 9.80 Å². The molecule has 2 heterocycles. The molecule has 0 radical (unpaired) electrons. The summed E-state index contributed by atoms with van der Waals surface area (Å²) in [5.41, 5.74) is 0.0203. The minimum atomic E-state index is -4.36. The molecule has 0 atom stereocenters. The molecule has 0 N–H and O–H groups in total. The maximum absolute atomic E-state index is 13.2. The SMILES string of the molecule is O=C(c1cccs1)N1CCC(C(=O)N(Cc2ccc(C(F)(F)F)cc2)C2CC2)CC1. The van der Waals surface area contributed by atoms with Crippen LogP contribution in [0.2, 0.25) is 0 Å². The average Bonchev–Trinajstić information content (AvgIpc) is 3.43. The molecule has 2 aliphatic rings. The number of piperidine rings is 1. The Hall–Kier alpha value is -2.35. The van der Waals surface area contributed by atoms with Crippen molar-refractivity contribution in [3.63, 3.8) is 0 Å². The minimum Gasteiger partial charge on any atom is -0.338 e. The fourth-order valence-corrected chi connectivity index (χ4v) is 4.58. The molecule has 8 heteroatoms. The summed E-state index contributed by atoms with van der Waals surface area (Å²) in [5.74, 6) is -0.0762. The van der Waals surface area contributed by atoms with Crippen LogP contribution in [0.4, 0.5) is 13.2 Å². The van der Waals surface area contributed by atoms with Crippen molar-refractivity contribution in [2.45, 2.75) is 44.4 Å². The largest absolute Gasteiger partial charge is 0.416 e. The molecule has 1 aromatic heterocycles. The number of nitrogens with zero attached hydrogens (tertiary/aromatic N) is 2. The third kappa shape index (κ3) is 4.69. The normalized spacial score (nSPS) is 17.8. The third-order valence-electron chi connectivity index (χ3n) is 5.77. The summed E-state index contributed by atoms with van der Waals surface area (Å²) >= 11 is 1.42. The Morgan fingerprint density at radius 2 is 1.70 bits per heavy atom. The second-order valence-electron chi connectivity index (χ2n) is 7.94. The molecule has 2 aromatic rings. The van der Waals surface area contributed by atoms with Gasteiger partial charge in [0.1, 0.15) is 0 Å². The summed E-state index contributed by atoms with van der Waals surface area (Å²) in [4.78, 5) is 30.0. The van der Waals surface area contributed by atoms with Gasteiger partial charge >= 0.3 is 6.18 Å². The fraction of sp³-hybridized carbons (Fsp3) is 0.455. The Morgan fingerprint density at radius 3 is 2.23 bits per heavy atom. The Bertz CT molecular complexity index is 884. The molecule has 4 rings (SSSR count). The Balaban J connectivity index is 1.37. The van der Waals surface area contributed by atoms with Crippen LogP contribution in [0.5, 0.6) is 0 Å². The van der Waals surface area contributed by atoms with Gasteiger partial charge in [-0.05, 0) is 54.8 Å². The highest BCUT2D eigenvalue weighted by molar-refractivity contribution is 7.12. The first-order valence-corrected chi connectivity index (χ1v) is 11.0. The van der Waals surface area contributed by atoms with E-state index in [4.69, 9.17) is 0 Å². The Kier molecular flexibility index (Phi) is 5.86. The predicted molar refractivity (Wildman–Crippen MR) is 108 cm³/mol. The van der Waals surface area contributed by atoms with E-state index in [0.717, 1.165) is 25.0 Å². The van der Waals surface area contributed by atoms with Crippen molar-refractivity contribution in [1.82, 2.24) is 9.80 Å². The number of carbonyl (C=O) groups excluding carboxylic acids is 2. The summed E-state index contributed by atoms with van der Waals surface area (Å²) in [5, 5.41) is 1.87. The molecule has 1 aromatic carbocycles. The third-order valence-corrected chi connectivity index (χ3v) is 6.63. The van der Waals surface area contributed by atoms with E-state index in [9.17, 15) is 22.8 Å². The van der Waals surface area contributed by atoms with E-state index in [1.807, 2.05) is 22.4 Å². The second kappa shape index (κ2) is 8.41. The van der Waals surface area contributed by atoms with Gasteiger partial charge in [-0.25, -0.2) is 0 Å². The van der Waals surface area contributed by atoms with E-state index in [0.29, 0.717) is 42.9 Å². The highest BCUT2D eigenvalue weighted by Crippen LogP contribution is 2.33. The quantitative estimate of drug-likeness (QED) is 0.675. The number of rotatable bonds is 5. The van der Waals surface area contributed by atoms with Crippen molar-refractivity contribution >= 4 is 23.2 Å². The topological polar surface area (TPSA) is 40.6 Å². The van der Waals surface area contributed by atoms with Gasteiger partial charge in [-0.1, -0.05) is 18.2 Å². The zero-order valence-electron chi connectivity index (χ0n) is 16.4. The van der Waals surface area contributed by atoms with Crippen LogP contribution < -0.4 is 0 Å². The molecule has 1 saturated carbocycles. The van der Waals surface area contributed by atoms with Crippen LogP contribution in [0.1, 0.15) is 46.5 Å². The molecule has 160 valence electrons. The molecule has 1 aliphatic carbocycles. The van der Waals surface area contributed by atoms with Crippen LogP contribution in [0.15, 0.2) is 41.8 Å². The molecule has 30 heavy (non-hydrogen) atoms. The van der Waals surface area contributed by atoms with Gasteiger partial charge in [-0.15, -0.1) is 11.3 Å². The van der Waals surface area contributed by atoms with Gasteiger partial charge in [0.2, 0.25) is 5.91 Å². The Morgan fingerprint density at radius 1 is 1.03 bits per heavy atom. The summed E-state index contributed by atoms with van der Waals surface area (Å²) in [6.45, 7) is 1.42. The summed E-state index contributed by atoms with van der Waals surface area (Å²) in [6.07, 6.45) is -1.26. The maximum atomic E-state index is 13.2. The van der Waals surface area contributed by atoms with E-state index in [2.05, 4.69) is 0 Å². The molecule has 0 bridgehead atoms. The zero-order valence-corrected chi connectivity index (χ0v) is 17.2. The molecular formula is C22H23F3N2O2S. The van der Waals surface area contributed by atoms with Crippen molar-refractivity contribution in [3.05, 3.63) is 57.8 Å². The number of carbonyl (C=O) groups is 2. The monoisotopic (exact) mass is 436 g/mol. The summed E-state index contributed by atoms with van der Waals surface area (Å²) < 4.78 is 38.3. The smallest absolute Gasteiger partial charge is 0.338 e. The van der Waals surface area contributed by atoms with Crippen molar-refractivity contribution in [2.75, 3.05) is 13.1 Å². The second-order valence-corrected chi connectivity index (χ2v) is 8.88. The number of hydrogen-bond donors (Lipinski definition) is 0. The first kappa shape index (κ1) is 20.9. The molecule has 0 spiro atoms. The molecule has 2 fully saturated rings. The van der Waals surface area contributed by atoms with Crippen molar-refractivity contribution < 1.29 is 22.8 Å². The molecule has 4 nitrogen and oxygen atoms in total. The maximum Gasteiger partial charge on any atom is 0.416 e. The van der Waals surface area contributed by atoms with E-state index in [-0.39, 0.29) is 23.8 Å². The lowest BCUT2D eigenvalue weighted by molar-refractivity contribution is -0.139. The molecule has 1 aliphatic heterocycles. The van der Waals surface area contributed by atoms with Crippen LogP contribution in [0.3, 0.4) is 0 Å². The van der Waals surface area contributed by atoms with Gasteiger partial charge in [0.25, 0.3) is 5.91 Å². The number of alkyl halides is 3. The van der Waals surface area contributed by atoms with E-state index in [1.54, 1.807) is 4.90 Å². The molecular weight excluding hydrogens is 413 g/mol. The first-order valence-electron chi connectivity index (χ1n) is 10.1. The lowest BCUT2D eigenvalue weighted by atomic mass is 9.94. The lowest BCUT2D eigenvalue weighted by Crippen LogP contribution is -2.44. The summed E-state index contributed by atoms with van der Waals surface area (Å²) in [6, 6.07) is 8.87. The number of halogens is 3. The standard InChI is InChI=1S/C22H23F3N2O2S/c23-22(24,25)17-5-3-15(4-6-17)14-27(18-7-8-18)20(28)16-9-11-26(12-10-16)21(29)19-2-1-13-30-19/h1-6,13,16,18H,7-12,14H2. The van der Waals surface area contributed by atoms with Crippen LogP contribution >= 0.6 is 11.3 Å². The number of amides is 2. The predicted octanol–water partition coefficient (Wildman–Crippen LogP) is 4.81.